The van der Waals surface area contributed by atoms with Crippen molar-refractivity contribution in [2.75, 3.05) is 11.9 Å². The number of fused-ring (bicyclic) bond motifs is 1. The fourth-order valence-electron chi connectivity index (χ4n) is 3.15. The van der Waals surface area contributed by atoms with E-state index >= 15 is 0 Å². The molecule has 0 saturated heterocycles. The summed E-state index contributed by atoms with van der Waals surface area (Å²) in [6.07, 6.45) is 0. The van der Waals surface area contributed by atoms with Gasteiger partial charge in [-0.2, -0.15) is 0 Å². The van der Waals surface area contributed by atoms with Crippen molar-refractivity contribution < 1.29 is 13.9 Å². The predicted molar refractivity (Wildman–Crippen MR) is 120 cm³/mol. The van der Waals surface area contributed by atoms with E-state index in [9.17, 15) is 4.79 Å². The molecular formula is C23H18Cl2N2O3. The van der Waals surface area contributed by atoms with Crippen LogP contribution in [0.4, 0.5) is 5.69 Å². The van der Waals surface area contributed by atoms with Gasteiger partial charge in [-0.1, -0.05) is 35.3 Å². The first-order chi connectivity index (χ1) is 14.4. The maximum atomic E-state index is 12.3. The lowest BCUT2D eigenvalue weighted by Gasteiger charge is -2.09. The number of halogens is 2. The molecule has 5 nitrogen and oxygen atoms in total. The highest BCUT2D eigenvalue weighted by Gasteiger charge is 2.14. The van der Waals surface area contributed by atoms with Crippen LogP contribution in [0.3, 0.4) is 0 Å². The van der Waals surface area contributed by atoms with Gasteiger partial charge in [0, 0.05) is 5.69 Å². The lowest BCUT2D eigenvalue weighted by molar-refractivity contribution is -0.118. The smallest absolute Gasteiger partial charge is 0.262 e. The van der Waals surface area contributed by atoms with Gasteiger partial charge in [0.25, 0.3) is 5.91 Å². The Labute approximate surface area is 183 Å². The molecule has 152 valence electrons. The van der Waals surface area contributed by atoms with Crippen LogP contribution in [0.2, 0.25) is 10.0 Å². The van der Waals surface area contributed by atoms with Gasteiger partial charge in [-0.25, -0.2) is 4.98 Å². The van der Waals surface area contributed by atoms with Crippen LogP contribution in [0.15, 0.2) is 59.0 Å². The Morgan fingerprint density at radius 1 is 1.07 bits per heavy atom. The summed E-state index contributed by atoms with van der Waals surface area (Å²) in [5.74, 6) is 0.756. The lowest BCUT2D eigenvalue weighted by atomic mass is 10.1. The molecule has 0 unspecified atom stereocenters. The lowest BCUT2D eigenvalue weighted by Crippen LogP contribution is -2.20. The van der Waals surface area contributed by atoms with E-state index in [0.717, 1.165) is 11.1 Å². The molecule has 1 heterocycles. The number of aryl methyl sites for hydroxylation is 2. The molecule has 0 radical (unpaired) electrons. The van der Waals surface area contributed by atoms with E-state index in [0.29, 0.717) is 44.0 Å². The number of ether oxygens (including phenoxy) is 1. The van der Waals surface area contributed by atoms with Crippen LogP contribution in [-0.4, -0.2) is 17.5 Å². The molecule has 1 N–H and O–H groups in total. The monoisotopic (exact) mass is 440 g/mol. The van der Waals surface area contributed by atoms with Crippen molar-refractivity contribution in [3.8, 4) is 17.2 Å². The molecule has 0 aliphatic rings. The summed E-state index contributed by atoms with van der Waals surface area (Å²) >= 11 is 12.3. The SMILES string of the molecule is Cc1cc(C)cc(OCC(=O)Nc2ccc3oc(-c4cccc(Cl)c4Cl)nc3c2)c1. The second kappa shape index (κ2) is 8.38. The minimum atomic E-state index is -0.268. The number of benzene rings is 3. The molecule has 4 rings (SSSR count). The molecule has 30 heavy (non-hydrogen) atoms. The molecule has 0 bridgehead atoms. The summed E-state index contributed by atoms with van der Waals surface area (Å²) < 4.78 is 11.4. The molecule has 0 atom stereocenters. The van der Waals surface area contributed by atoms with Gasteiger partial charge in [0.15, 0.2) is 12.2 Å². The van der Waals surface area contributed by atoms with E-state index in [1.165, 1.54) is 0 Å². The summed E-state index contributed by atoms with van der Waals surface area (Å²) in [5, 5.41) is 3.61. The summed E-state index contributed by atoms with van der Waals surface area (Å²) in [7, 11) is 0. The first-order valence-corrected chi connectivity index (χ1v) is 10.0. The highest BCUT2D eigenvalue weighted by Crippen LogP contribution is 2.34. The Morgan fingerprint density at radius 2 is 1.83 bits per heavy atom. The molecule has 1 amide bonds. The zero-order valence-corrected chi connectivity index (χ0v) is 17.8. The van der Waals surface area contributed by atoms with Gasteiger partial charge in [-0.15, -0.1) is 0 Å². The van der Waals surface area contributed by atoms with Crippen molar-refractivity contribution >= 4 is 45.9 Å². The van der Waals surface area contributed by atoms with Gasteiger partial charge in [0.2, 0.25) is 5.89 Å². The Balaban J connectivity index is 1.48. The summed E-state index contributed by atoms with van der Waals surface area (Å²) in [6, 6.07) is 16.3. The maximum Gasteiger partial charge on any atom is 0.262 e. The van der Waals surface area contributed by atoms with Gasteiger partial charge in [0.1, 0.15) is 11.3 Å². The topological polar surface area (TPSA) is 64.4 Å². The number of nitrogens with zero attached hydrogens (tertiary/aromatic N) is 1. The third kappa shape index (κ3) is 4.42. The van der Waals surface area contributed by atoms with E-state index in [1.54, 1.807) is 36.4 Å². The number of hydrogen-bond donors (Lipinski definition) is 1. The minimum absolute atomic E-state index is 0.0941. The zero-order valence-electron chi connectivity index (χ0n) is 16.3. The van der Waals surface area contributed by atoms with Crippen molar-refractivity contribution in [3.63, 3.8) is 0 Å². The number of aromatic nitrogens is 1. The number of hydrogen-bond acceptors (Lipinski definition) is 4. The van der Waals surface area contributed by atoms with Crippen LogP contribution in [0.25, 0.3) is 22.6 Å². The van der Waals surface area contributed by atoms with Crippen molar-refractivity contribution in [2.24, 2.45) is 0 Å². The Bertz CT molecular complexity index is 1230. The van der Waals surface area contributed by atoms with Crippen LogP contribution in [-0.2, 0) is 4.79 Å². The van der Waals surface area contributed by atoms with Crippen LogP contribution in [0, 0.1) is 13.8 Å². The third-order valence-corrected chi connectivity index (χ3v) is 5.24. The standard InChI is InChI=1S/C23H18Cl2N2O3/c1-13-8-14(2)10-16(9-13)29-12-21(28)26-15-6-7-20-19(11-15)27-23(30-20)17-4-3-5-18(24)22(17)25/h3-11H,12H2,1-2H3,(H,26,28). The molecule has 0 aliphatic heterocycles. The number of carbonyl (C=O) groups excluding carboxylic acids is 1. The molecule has 3 aromatic carbocycles. The number of carbonyl (C=O) groups is 1. The zero-order chi connectivity index (χ0) is 21.3. The largest absolute Gasteiger partial charge is 0.484 e. The highest BCUT2D eigenvalue weighted by molar-refractivity contribution is 6.43. The fourth-order valence-corrected chi connectivity index (χ4v) is 3.53. The van der Waals surface area contributed by atoms with Gasteiger partial charge in [0.05, 0.1) is 15.6 Å². The average molecular weight is 441 g/mol. The average Bonchev–Trinajstić information content (AvgIpc) is 3.11. The quantitative estimate of drug-likeness (QED) is 0.387. The summed E-state index contributed by atoms with van der Waals surface area (Å²) in [5.41, 5.74) is 4.52. The van der Waals surface area contributed by atoms with Crippen LogP contribution >= 0.6 is 23.2 Å². The normalized spacial score (nSPS) is 10.9. The van der Waals surface area contributed by atoms with Gasteiger partial charge in [-0.3, -0.25) is 4.79 Å². The highest BCUT2D eigenvalue weighted by atomic mass is 35.5. The third-order valence-electron chi connectivity index (χ3n) is 4.42. The molecule has 4 aromatic rings. The predicted octanol–water partition coefficient (Wildman–Crippen LogP) is 6.44. The molecule has 0 spiro atoms. The van der Waals surface area contributed by atoms with E-state index < -0.39 is 0 Å². The number of rotatable bonds is 5. The van der Waals surface area contributed by atoms with E-state index in [1.807, 2.05) is 32.0 Å². The molecular weight excluding hydrogens is 423 g/mol. The number of oxazole rings is 1. The first-order valence-electron chi connectivity index (χ1n) is 9.25. The Morgan fingerprint density at radius 3 is 2.60 bits per heavy atom. The van der Waals surface area contributed by atoms with Crippen molar-refractivity contribution in [1.29, 1.82) is 0 Å². The maximum absolute atomic E-state index is 12.3. The van der Waals surface area contributed by atoms with Gasteiger partial charge < -0.3 is 14.5 Å². The Hall–Kier alpha value is -3.02. The summed E-state index contributed by atoms with van der Waals surface area (Å²) in [6.45, 7) is 3.87. The summed E-state index contributed by atoms with van der Waals surface area (Å²) in [4.78, 5) is 16.8. The molecule has 1 aromatic heterocycles. The second-order valence-corrected chi connectivity index (χ2v) is 7.75. The number of amides is 1. The van der Waals surface area contributed by atoms with Crippen LogP contribution < -0.4 is 10.1 Å². The van der Waals surface area contributed by atoms with E-state index in [4.69, 9.17) is 32.4 Å². The molecule has 7 heteroatoms. The van der Waals surface area contributed by atoms with Gasteiger partial charge >= 0.3 is 0 Å². The minimum Gasteiger partial charge on any atom is -0.484 e. The Kier molecular flexibility index (Phi) is 5.66. The van der Waals surface area contributed by atoms with Gasteiger partial charge in [-0.05, 0) is 67.4 Å². The van der Waals surface area contributed by atoms with Crippen LogP contribution in [0.5, 0.6) is 5.75 Å². The van der Waals surface area contributed by atoms with Crippen molar-refractivity contribution in [2.45, 2.75) is 13.8 Å². The second-order valence-electron chi connectivity index (χ2n) is 6.96. The molecule has 0 fully saturated rings. The first kappa shape index (κ1) is 20.3. The number of anilines is 1. The van der Waals surface area contributed by atoms with Crippen molar-refractivity contribution in [1.82, 2.24) is 4.98 Å². The van der Waals surface area contributed by atoms with E-state index in [2.05, 4.69) is 10.3 Å². The van der Waals surface area contributed by atoms with Crippen molar-refractivity contribution in [3.05, 3.63) is 75.8 Å². The number of nitrogens with one attached hydrogen (secondary N) is 1. The molecule has 0 saturated carbocycles. The van der Waals surface area contributed by atoms with E-state index in [-0.39, 0.29) is 12.5 Å². The molecule has 0 aliphatic carbocycles. The fraction of sp³-hybridized carbons (Fsp3) is 0.130. The van der Waals surface area contributed by atoms with Crippen LogP contribution in [0.1, 0.15) is 11.1 Å².